The number of aromatic nitrogens is 3. The molecule has 25 heteroatoms. The van der Waals surface area contributed by atoms with Crippen molar-refractivity contribution >= 4 is 52.1 Å². The van der Waals surface area contributed by atoms with Crippen LogP contribution in [0.2, 0.25) is 0 Å². The first-order chi connectivity index (χ1) is 34.5. The second-order valence-electron chi connectivity index (χ2n) is 16.0. The van der Waals surface area contributed by atoms with E-state index in [1.165, 1.54) is 22.3 Å². The van der Waals surface area contributed by atoms with Crippen LogP contribution in [0.1, 0.15) is 16.8 Å². The summed E-state index contributed by atoms with van der Waals surface area (Å²) in [5.74, 6) is -71.4. The number of fused-ring (bicyclic) bond motifs is 2. The van der Waals surface area contributed by atoms with Gasteiger partial charge in [-0.05, 0) is 23.3 Å². The Kier molecular flexibility index (Phi) is 13.6. The van der Waals surface area contributed by atoms with Crippen LogP contribution < -0.4 is 42.1 Å². The van der Waals surface area contributed by atoms with Crippen LogP contribution in [0.4, 0.5) is 87.8 Å². The number of pyridine rings is 1. The summed E-state index contributed by atoms with van der Waals surface area (Å²) in [4.78, 5) is 0. The molecule has 0 fully saturated rings. The fourth-order valence-corrected chi connectivity index (χ4v) is 9.13. The van der Waals surface area contributed by atoms with E-state index in [9.17, 15) is 52.7 Å². The van der Waals surface area contributed by atoms with E-state index >= 15 is 35.1 Å². The lowest BCUT2D eigenvalue weighted by atomic mass is 9.12. The third-order valence-electron chi connectivity index (χ3n) is 12.3. The Balaban J connectivity index is 0.000000216. The molecule has 0 atom stereocenters. The molecule has 2 aromatic heterocycles. The number of rotatable bonds is 8. The Bertz CT molecular complexity index is 3190. The number of nitrogens with zero attached hydrogens (tertiary/aromatic N) is 3. The first kappa shape index (κ1) is 51.5. The van der Waals surface area contributed by atoms with Crippen molar-refractivity contribution < 1.29 is 96.9 Å². The van der Waals surface area contributed by atoms with Crippen LogP contribution in [0.25, 0.3) is 6.08 Å². The van der Waals surface area contributed by atoms with Crippen molar-refractivity contribution in [3.05, 3.63) is 231 Å². The molecule has 1 aliphatic heterocycles. The third kappa shape index (κ3) is 7.90. The fraction of sp³-hybridized carbons (Fsp3) is 0.0417. The standard InChI is InChI=1S/C24BF20.C24H22BN3/c26-5-1(6(27)14(35)21(42)13(5)34)25(2-7(28)15(36)22(43)16(37)8(2)29,3-9(30)17(38)23(44)18(39)10(3)31)4-11(32)19(40)24(45)20(41)12(4)33;1-2-22-13-8-9-15-28(22)25-23-14-7-6-12-21(23)19-27-17-16-26(24(25)27)18-20-10-4-3-5-11-20/h;2-17H,1,18-19H2/q-1;+1. The van der Waals surface area contributed by atoms with Crippen molar-refractivity contribution in [3.8, 4) is 0 Å². The lowest BCUT2D eigenvalue weighted by molar-refractivity contribution is -0.676. The highest BCUT2D eigenvalue weighted by Gasteiger charge is 2.52. The summed E-state index contributed by atoms with van der Waals surface area (Å²) in [6, 6.07) is 25.7. The summed E-state index contributed by atoms with van der Waals surface area (Å²) < 4.78 is 301. The zero-order valence-corrected chi connectivity index (χ0v) is 35.9. The molecule has 0 bridgehead atoms. The Morgan fingerprint density at radius 3 is 1.19 bits per heavy atom. The van der Waals surface area contributed by atoms with E-state index in [2.05, 4.69) is 112 Å². The van der Waals surface area contributed by atoms with Gasteiger partial charge in [0.05, 0.1) is 0 Å². The van der Waals surface area contributed by atoms with E-state index in [4.69, 9.17) is 0 Å². The third-order valence-corrected chi connectivity index (χ3v) is 12.3. The normalized spacial score (nSPS) is 12.4. The maximum atomic E-state index is 15.4. The van der Waals surface area contributed by atoms with Crippen LogP contribution in [-0.4, -0.2) is 17.6 Å². The summed E-state index contributed by atoms with van der Waals surface area (Å²) in [6.45, 7) is 5.91. The van der Waals surface area contributed by atoms with Gasteiger partial charge in [-0.3, -0.25) is 9.13 Å². The van der Waals surface area contributed by atoms with Crippen molar-refractivity contribution in [2.75, 3.05) is 0 Å². The second kappa shape index (κ2) is 19.3. The largest absolute Gasteiger partial charge is 0.428 e. The molecule has 8 aromatic rings. The summed E-state index contributed by atoms with van der Waals surface area (Å²) in [6.07, 6.45) is 1.29. The van der Waals surface area contributed by atoms with Crippen LogP contribution >= 0.6 is 0 Å². The molecule has 6 aromatic carbocycles. The van der Waals surface area contributed by atoms with Gasteiger partial charge in [0.1, 0.15) is 95.8 Å². The minimum Gasteiger partial charge on any atom is -0.428 e. The van der Waals surface area contributed by atoms with Crippen molar-refractivity contribution in [1.82, 2.24) is 4.57 Å². The van der Waals surface area contributed by atoms with Gasteiger partial charge in [-0.2, -0.15) is 0 Å². The Hall–Kier alpha value is -7.85. The van der Waals surface area contributed by atoms with Gasteiger partial charge in [0.25, 0.3) is 0 Å². The summed E-state index contributed by atoms with van der Waals surface area (Å²) >= 11 is 0. The molecule has 3 nitrogen and oxygen atoms in total. The van der Waals surface area contributed by atoms with Gasteiger partial charge >= 0.3 is 6.85 Å². The van der Waals surface area contributed by atoms with Gasteiger partial charge in [0.2, 0.25) is 0 Å². The second-order valence-corrected chi connectivity index (χ2v) is 16.0. The van der Waals surface area contributed by atoms with E-state index < -0.39 is 144 Å². The van der Waals surface area contributed by atoms with Gasteiger partial charge in [0, 0.05) is 6.07 Å². The van der Waals surface area contributed by atoms with Crippen LogP contribution in [0.5, 0.6) is 0 Å². The zero-order chi connectivity index (χ0) is 53.3. The lowest BCUT2D eigenvalue weighted by Gasteiger charge is -2.44. The highest BCUT2D eigenvalue weighted by molar-refractivity contribution is 7.20. The average Bonchev–Trinajstić information content (AvgIpc) is 3.79. The maximum absolute atomic E-state index is 15.4. The highest BCUT2D eigenvalue weighted by Crippen LogP contribution is 2.31. The Morgan fingerprint density at radius 1 is 0.438 bits per heavy atom. The molecule has 0 saturated heterocycles. The molecule has 1 aliphatic rings. The molecule has 3 heterocycles. The smallest absolute Gasteiger partial charge is 0.366 e. The molecule has 0 unspecified atom stereocenters. The van der Waals surface area contributed by atoms with Crippen molar-refractivity contribution in [2.45, 2.75) is 13.1 Å². The van der Waals surface area contributed by atoms with Crippen LogP contribution in [0, 0.1) is 116 Å². The van der Waals surface area contributed by atoms with E-state index in [0.717, 1.165) is 18.8 Å². The Labute approximate surface area is 397 Å². The minimum absolute atomic E-state index is 0.109. The van der Waals surface area contributed by atoms with E-state index in [1.807, 2.05) is 6.08 Å². The van der Waals surface area contributed by atoms with Crippen LogP contribution in [0.3, 0.4) is 0 Å². The Morgan fingerprint density at radius 2 is 0.795 bits per heavy atom. The molecule has 73 heavy (non-hydrogen) atoms. The summed E-state index contributed by atoms with van der Waals surface area (Å²) in [7, 11) is 0. The number of imidazole rings is 1. The van der Waals surface area contributed by atoms with Gasteiger partial charge in [-0.1, -0.05) is 67.2 Å². The SMILES string of the molecule is C=Cc1cccc[n+]1[B-]1c2ccccc2C[n+]2ccn(Cc3ccccc3)c21.Fc1c(F)c(F)c([B-](c2c(F)c(F)c(F)c(F)c2F)(c2c(F)c(F)c(F)c(F)c2F)c2c(F)c(F)c(F)c(F)c2F)c(F)c1F. The fourth-order valence-electron chi connectivity index (χ4n) is 9.13. The van der Waals surface area contributed by atoms with Crippen LogP contribution in [-0.2, 0) is 13.1 Å². The maximum Gasteiger partial charge on any atom is 0.366 e. The molecule has 0 aliphatic carbocycles. The van der Waals surface area contributed by atoms with Crippen molar-refractivity contribution in [3.63, 3.8) is 0 Å². The van der Waals surface area contributed by atoms with E-state index in [-0.39, 0.29) is 6.85 Å². The summed E-state index contributed by atoms with van der Waals surface area (Å²) in [5.41, 5.74) is -7.89. The molecule has 1 radical (unpaired) electrons. The lowest BCUT2D eigenvalue weighted by Crippen LogP contribution is -2.81. The molecule has 375 valence electrons. The quantitative estimate of drug-likeness (QED) is 0.0489. The topological polar surface area (TPSA) is 12.7 Å². The predicted molar refractivity (Wildman–Crippen MR) is 222 cm³/mol. The summed E-state index contributed by atoms with van der Waals surface area (Å²) in [5, 5.41) is 0. The van der Waals surface area contributed by atoms with E-state index in [0.29, 0.717) is 0 Å². The van der Waals surface area contributed by atoms with Gasteiger partial charge in [-0.25, -0.2) is 87.8 Å². The number of halogens is 20. The van der Waals surface area contributed by atoms with Gasteiger partial charge in [0.15, 0.2) is 69.8 Å². The molecule has 0 amide bonds. The predicted octanol–water partition coefficient (Wildman–Crippen LogP) is 7.62. The molecule has 0 spiro atoms. The minimum atomic E-state index is -7.22. The van der Waals surface area contributed by atoms with Crippen LogP contribution in [0.15, 0.2) is 98.0 Å². The molecule has 0 saturated carbocycles. The average molecular weight is 1040 g/mol. The number of hydrogen-bond donors (Lipinski definition) is 0. The molecule has 0 N–H and O–H groups in total. The molecular weight excluding hydrogens is 1020 g/mol. The highest BCUT2D eigenvalue weighted by atomic mass is 19.2. The number of hydrogen-bond acceptors (Lipinski definition) is 0. The first-order valence-electron chi connectivity index (χ1n) is 20.6. The monoisotopic (exact) mass is 1040 g/mol. The number of benzene rings is 6. The zero-order valence-electron chi connectivity index (χ0n) is 35.9. The van der Waals surface area contributed by atoms with E-state index in [1.54, 1.807) is 0 Å². The molecular formula is C48H22B2F20N3. The van der Waals surface area contributed by atoms with Crippen molar-refractivity contribution in [2.24, 2.45) is 0 Å². The first-order valence-corrected chi connectivity index (χ1v) is 20.6. The van der Waals surface area contributed by atoms with Gasteiger partial charge < -0.3 is 4.48 Å². The molecule has 9 rings (SSSR count). The van der Waals surface area contributed by atoms with Crippen molar-refractivity contribution in [1.29, 1.82) is 0 Å². The van der Waals surface area contributed by atoms with Gasteiger partial charge in [-0.15, -0.1) is 27.3 Å².